The van der Waals surface area contributed by atoms with E-state index in [1.165, 1.54) is 11.8 Å². The third-order valence-electron chi connectivity index (χ3n) is 5.15. The van der Waals surface area contributed by atoms with Crippen LogP contribution in [0.5, 0.6) is 5.75 Å². The first kappa shape index (κ1) is 22.1. The second-order valence-electron chi connectivity index (χ2n) is 7.22. The first-order valence-electron chi connectivity index (χ1n) is 10.3. The van der Waals surface area contributed by atoms with Crippen LogP contribution in [0.4, 0.5) is 0 Å². The van der Waals surface area contributed by atoms with E-state index in [1.54, 1.807) is 7.11 Å². The van der Waals surface area contributed by atoms with E-state index < -0.39 is 11.2 Å². The number of benzene rings is 3. The fourth-order valence-corrected chi connectivity index (χ4v) is 4.64. The smallest absolute Gasteiger partial charge is 0.235 e. The molecule has 0 spiro atoms. The fourth-order valence-electron chi connectivity index (χ4n) is 3.58. The molecule has 0 bridgehead atoms. The zero-order valence-electron chi connectivity index (χ0n) is 17.9. The van der Waals surface area contributed by atoms with Gasteiger partial charge in [0.2, 0.25) is 5.91 Å². The van der Waals surface area contributed by atoms with Gasteiger partial charge in [-0.3, -0.25) is 4.79 Å². The Morgan fingerprint density at radius 3 is 2.24 bits per heavy atom. The molecule has 2 N–H and O–H groups in total. The van der Waals surface area contributed by atoms with Gasteiger partial charge in [0, 0.05) is 16.7 Å². The predicted octanol–water partition coefficient (Wildman–Crippen LogP) is 5.61. The Morgan fingerprint density at radius 1 is 0.970 bits per heavy atom. The van der Waals surface area contributed by atoms with E-state index in [1.807, 2.05) is 91.0 Å². The van der Waals surface area contributed by atoms with E-state index in [-0.39, 0.29) is 0 Å². The topological polar surface area (TPSA) is 89.0 Å². The number of amides is 1. The molecule has 0 radical (unpaired) electrons. The molecule has 0 saturated heterocycles. The minimum atomic E-state index is -0.692. The molecule has 0 aliphatic rings. The average molecular weight is 452 g/mol. The lowest BCUT2D eigenvalue weighted by molar-refractivity contribution is -0.117. The lowest BCUT2D eigenvalue weighted by Crippen LogP contribution is -2.19. The molecule has 0 aliphatic carbocycles. The van der Waals surface area contributed by atoms with Crippen LogP contribution >= 0.6 is 11.8 Å². The van der Waals surface area contributed by atoms with E-state index in [9.17, 15) is 10.1 Å². The monoisotopic (exact) mass is 451 g/mol. The molecule has 0 unspecified atom stereocenters. The second kappa shape index (κ2) is 10.0. The van der Waals surface area contributed by atoms with Crippen molar-refractivity contribution >= 4 is 17.7 Å². The van der Waals surface area contributed by atoms with Gasteiger partial charge in [0.05, 0.1) is 18.4 Å². The molecule has 6 heteroatoms. The molecule has 0 fully saturated rings. The second-order valence-corrected chi connectivity index (χ2v) is 8.32. The molecule has 162 valence electrons. The Labute approximate surface area is 196 Å². The van der Waals surface area contributed by atoms with Gasteiger partial charge < -0.3 is 10.5 Å². The van der Waals surface area contributed by atoms with Gasteiger partial charge in [-0.2, -0.15) is 5.26 Å². The van der Waals surface area contributed by atoms with Gasteiger partial charge >= 0.3 is 0 Å². The Morgan fingerprint density at radius 2 is 1.61 bits per heavy atom. The van der Waals surface area contributed by atoms with Gasteiger partial charge in [-0.15, -0.1) is 0 Å². The summed E-state index contributed by atoms with van der Waals surface area (Å²) in [5, 5.41) is 9.89. The van der Waals surface area contributed by atoms with E-state index in [2.05, 4.69) is 6.07 Å². The number of hydrogen-bond acceptors (Lipinski definition) is 5. The molecule has 0 saturated carbocycles. The maximum Gasteiger partial charge on any atom is 0.235 e. The predicted molar refractivity (Wildman–Crippen MR) is 131 cm³/mol. The summed E-state index contributed by atoms with van der Waals surface area (Å²) >= 11 is 1.18. The first-order chi connectivity index (χ1) is 16.1. The molecule has 1 heterocycles. The Balaban J connectivity index is 1.94. The number of carbonyl (C=O) groups is 1. The molecule has 5 nitrogen and oxygen atoms in total. The standard InChI is InChI=1S/C27H21N3O2S/c1-32-24-15-9-8-14-20(24)21-16-23(18-10-4-2-5-11-18)30-27(22(21)17-28)33-25(26(29)31)19-12-6-3-7-13-19/h2-16,25H,1H3,(H2,29,31)/t25-/m1/s1. The van der Waals surface area contributed by atoms with E-state index in [0.29, 0.717) is 27.6 Å². The Kier molecular flexibility index (Phi) is 6.72. The van der Waals surface area contributed by atoms with Crippen molar-refractivity contribution in [2.75, 3.05) is 7.11 Å². The summed E-state index contributed by atoms with van der Waals surface area (Å²) in [5.74, 6) is 0.144. The van der Waals surface area contributed by atoms with Crippen molar-refractivity contribution in [3.8, 4) is 34.2 Å². The molecular weight excluding hydrogens is 430 g/mol. The fraction of sp³-hybridized carbons (Fsp3) is 0.0741. The number of primary amides is 1. The number of methoxy groups -OCH3 is 1. The van der Waals surface area contributed by atoms with Crippen molar-refractivity contribution in [1.82, 2.24) is 4.98 Å². The van der Waals surface area contributed by atoms with Gasteiger partial charge in [-0.05, 0) is 17.7 Å². The van der Waals surface area contributed by atoms with Gasteiger partial charge in [-0.1, -0.05) is 90.6 Å². The number of aromatic nitrogens is 1. The molecule has 0 aliphatic heterocycles. The van der Waals surface area contributed by atoms with Gasteiger partial charge in [0.25, 0.3) is 0 Å². The summed E-state index contributed by atoms with van der Waals surface area (Å²) in [6.45, 7) is 0. The minimum Gasteiger partial charge on any atom is -0.496 e. The van der Waals surface area contributed by atoms with Crippen LogP contribution in [0.2, 0.25) is 0 Å². The summed E-state index contributed by atoms with van der Waals surface area (Å²) < 4.78 is 5.56. The number of hydrogen-bond donors (Lipinski definition) is 1. The van der Waals surface area contributed by atoms with Crippen LogP contribution in [0.3, 0.4) is 0 Å². The molecule has 4 rings (SSSR count). The van der Waals surface area contributed by atoms with Gasteiger partial charge in [-0.25, -0.2) is 4.98 Å². The van der Waals surface area contributed by atoms with Crippen LogP contribution in [0.15, 0.2) is 96.0 Å². The summed E-state index contributed by atoms with van der Waals surface area (Å²) in [4.78, 5) is 17.2. The van der Waals surface area contributed by atoms with E-state index in [0.717, 1.165) is 16.7 Å². The molecule has 4 aromatic rings. The number of nitrogens with zero attached hydrogens (tertiary/aromatic N) is 2. The van der Waals surface area contributed by atoms with E-state index in [4.69, 9.17) is 15.5 Å². The number of pyridine rings is 1. The largest absolute Gasteiger partial charge is 0.496 e. The van der Waals surface area contributed by atoms with Crippen LogP contribution in [-0.2, 0) is 4.79 Å². The number of carbonyl (C=O) groups excluding carboxylic acids is 1. The number of rotatable bonds is 7. The van der Waals surface area contributed by atoms with Crippen LogP contribution in [0.1, 0.15) is 16.4 Å². The summed E-state index contributed by atoms with van der Waals surface area (Å²) in [7, 11) is 1.60. The zero-order valence-corrected chi connectivity index (χ0v) is 18.8. The average Bonchev–Trinajstić information content (AvgIpc) is 2.87. The SMILES string of the molecule is COc1ccccc1-c1cc(-c2ccccc2)nc(S[C@@H](C(N)=O)c2ccccc2)c1C#N. The van der Waals surface area contributed by atoms with Crippen molar-refractivity contribution in [2.24, 2.45) is 5.73 Å². The van der Waals surface area contributed by atoms with Crippen LogP contribution in [0.25, 0.3) is 22.4 Å². The number of nitriles is 1. The molecule has 1 amide bonds. The third-order valence-corrected chi connectivity index (χ3v) is 6.41. The van der Waals surface area contributed by atoms with Crippen molar-refractivity contribution in [1.29, 1.82) is 5.26 Å². The Bertz CT molecular complexity index is 1320. The molecule has 3 aromatic carbocycles. The molecular formula is C27H21N3O2S. The van der Waals surface area contributed by atoms with Crippen molar-refractivity contribution in [3.63, 3.8) is 0 Å². The molecule has 1 atom stereocenters. The normalized spacial score (nSPS) is 11.4. The lowest BCUT2D eigenvalue weighted by Gasteiger charge is -2.17. The highest BCUT2D eigenvalue weighted by Gasteiger charge is 2.25. The van der Waals surface area contributed by atoms with Crippen molar-refractivity contribution < 1.29 is 9.53 Å². The van der Waals surface area contributed by atoms with Gasteiger partial charge in [0.15, 0.2) is 0 Å². The Hall–Kier alpha value is -4.08. The quantitative estimate of drug-likeness (QED) is 0.369. The van der Waals surface area contributed by atoms with Crippen LogP contribution in [0, 0.1) is 11.3 Å². The number of thioether (sulfide) groups is 1. The number of para-hydroxylation sites is 1. The highest BCUT2D eigenvalue weighted by atomic mass is 32.2. The number of nitrogens with two attached hydrogens (primary N) is 1. The summed E-state index contributed by atoms with van der Waals surface area (Å²) in [5.41, 5.74) is 9.93. The summed E-state index contributed by atoms with van der Waals surface area (Å²) in [6, 6.07) is 30.7. The van der Waals surface area contributed by atoms with Gasteiger partial charge in [0.1, 0.15) is 22.1 Å². The summed E-state index contributed by atoms with van der Waals surface area (Å²) in [6.07, 6.45) is 0. The highest BCUT2D eigenvalue weighted by molar-refractivity contribution is 8.00. The van der Waals surface area contributed by atoms with Crippen LogP contribution < -0.4 is 10.5 Å². The maximum atomic E-state index is 12.4. The van der Waals surface area contributed by atoms with E-state index >= 15 is 0 Å². The lowest BCUT2D eigenvalue weighted by atomic mass is 9.98. The number of ether oxygens (including phenoxy) is 1. The molecule has 33 heavy (non-hydrogen) atoms. The maximum absolute atomic E-state index is 12.4. The van der Waals surface area contributed by atoms with Crippen molar-refractivity contribution in [3.05, 3.63) is 102 Å². The van der Waals surface area contributed by atoms with Crippen LogP contribution in [-0.4, -0.2) is 18.0 Å². The van der Waals surface area contributed by atoms with Crippen molar-refractivity contribution in [2.45, 2.75) is 10.3 Å². The highest BCUT2D eigenvalue weighted by Crippen LogP contribution is 2.42. The zero-order chi connectivity index (χ0) is 23.2. The third kappa shape index (κ3) is 4.74. The first-order valence-corrected chi connectivity index (χ1v) is 11.1. The minimum absolute atomic E-state index is 0.367. The molecule has 1 aromatic heterocycles.